The van der Waals surface area contributed by atoms with E-state index in [9.17, 15) is 9.59 Å². The number of carboxylic acids is 1. The van der Waals surface area contributed by atoms with Crippen molar-refractivity contribution in [2.24, 2.45) is 5.92 Å². The first-order valence-electron chi connectivity index (χ1n) is 6.49. The largest absolute Gasteiger partial charge is 0.481 e. The van der Waals surface area contributed by atoms with Gasteiger partial charge in [-0.1, -0.05) is 48.5 Å². The molecule has 0 fully saturated rings. The Hall–Kier alpha value is -1.29. The maximum absolute atomic E-state index is 11.1. The summed E-state index contributed by atoms with van der Waals surface area (Å²) in [5, 5.41) is 9.06. The number of benzene rings is 1. The molecule has 0 aliphatic rings. The number of rotatable bonds is 8. The zero-order valence-corrected chi connectivity index (χ0v) is 12.0. The van der Waals surface area contributed by atoms with Gasteiger partial charge in [0.05, 0.1) is 5.92 Å². The van der Waals surface area contributed by atoms with Crippen LogP contribution in [0.5, 0.6) is 0 Å². The van der Waals surface area contributed by atoms with Crippen molar-refractivity contribution in [1.82, 2.24) is 0 Å². The minimum absolute atomic E-state index is 0.0180. The molecule has 104 valence electrons. The Morgan fingerprint density at radius 1 is 1.21 bits per heavy atom. The SMILES string of the molecule is CC(=O)SCC(CCCCc1ccccc1)C(=O)O. The van der Waals surface area contributed by atoms with Crippen LogP contribution in [-0.4, -0.2) is 21.9 Å². The van der Waals surface area contributed by atoms with Crippen LogP contribution >= 0.6 is 11.8 Å². The fraction of sp³-hybridized carbons (Fsp3) is 0.467. The molecule has 1 N–H and O–H groups in total. The lowest BCUT2D eigenvalue weighted by Gasteiger charge is -2.10. The Labute approximate surface area is 118 Å². The Bertz CT molecular complexity index is 403. The first-order valence-corrected chi connectivity index (χ1v) is 7.48. The Morgan fingerprint density at radius 3 is 2.47 bits per heavy atom. The summed E-state index contributed by atoms with van der Waals surface area (Å²) in [6.07, 6.45) is 3.48. The van der Waals surface area contributed by atoms with Crippen LogP contribution in [0.4, 0.5) is 0 Å². The summed E-state index contributed by atoms with van der Waals surface area (Å²) >= 11 is 1.10. The molecule has 0 saturated carbocycles. The van der Waals surface area contributed by atoms with Crippen LogP contribution in [-0.2, 0) is 16.0 Å². The standard InChI is InChI=1S/C15H20O3S/c1-12(16)19-11-14(15(17)18)10-6-5-9-13-7-3-2-4-8-13/h2-4,7-8,14H,5-6,9-11H2,1H3,(H,17,18). The molecule has 0 aliphatic heterocycles. The third kappa shape index (κ3) is 7.01. The van der Waals surface area contributed by atoms with Crippen molar-refractivity contribution < 1.29 is 14.7 Å². The van der Waals surface area contributed by atoms with Gasteiger partial charge in [-0.2, -0.15) is 0 Å². The maximum atomic E-state index is 11.1. The van der Waals surface area contributed by atoms with Crippen LogP contribution in [0.2, 0.25) is 0 Å². The van der Waals surface area contributed by atoms with E-state index in [0.717, 1.165) is 31.0 Å². The number of carbonyl (C=O) groups excluding carboxylic acids is 1. The molecule has 19 heavy (non-hydrogen) atoms. The van der Waals surface area contributed by atoms with Crippen molar-refractivity contribution in [3.8, 4) is 0 Å². The number of aryl methyl sites for hydroxylation is 1. The second-order valence-corrected chi connectivity index (χ2v) is 5.77. The van der Waals surface area contributed by atoms with Crippen LogP contribution in [0.15, 0.2) is 30.3 Å². The predicted octanol–water partition coefficient (Wildman–Crippen LogP) is 3.38. The van der Waals surface area contributed by atoms with Gasteiger partial charge in [0.2, 0.25) is 0 Å². The van der Waals surface area contributed by atoms with Crippen molar-refractivity contribution >= 4 is 22.8 Å². The summed E-state index contributed by atoms with van der Waals surface area (Å²) in [7, 11) is 0. The van der Waals surface area contributed by atoms with Crippen LogP contribution < -0.4 is 0 Å². The first kappa shape index (κ1) is 15.8. The van der Waals surface area contributed by atoms with Crippen LogP contribution in [0.25, 0.3) is 0 Å². The van der Waals surface area contributed by atoms with E-state index < -0.39 is 11.9 Å². The fourth-order valence-electron chi connectivity index (χ4n) is 1.86. The van der Waals surface area contributed by atoms with E-state index in [-0.39, 0.29) is 5.12 Å². The average Bonchev–Trinajstić information content (AvgIpc) is 2.38. The number of thioether (sulfide) groups is 1. The van der Waals surface area contributed by atoms with E-state index in [2.05, 4.69) is 12.1 Å². The molecule has 0 aliphatic carbocycles. The van der Waals surface area contributed by atoms with Crippen molar-refractivity contribution in [1.29, 1.82) is 0 Å². The first-order chi connectivity index (χ1) is 9.09. The second-order valence-electron chi connectivity index (χ2n) is 4.57. The van der Waals surface area contributed by atoms with Gasteiger partial charge in [0.1, 0.15) is 0 Å². The van der Waals surface area contributed by atoms with Gasteiger partial charge in [0.25, 0.3) is 0 Å². The molecule has 1 unspecified atom stereocenters. The van der Waals surface area contributed by atoms with Gasteiger partial charge in [-0.15, -0.1) is 0 Å². The highest BCUT2D eigenvalue weighted by molar-refractivity contribution is 8.13. The molecule has 3 nitrogen and oxygen atoms in total. The molecule has 0 spiro atoms. The molecular formula is C15H20O3S. The van der Waals surface area contributed by atoms with Gasteiger partial charge in [0, 0.05) is 12.7 Å². The summed E-state index contributed by atoms with van der Waals surface area (Å²) in [4.78, 5) is 21.9. The van der Waals surface area contributed by atoms with Crippen molar-refractivity contribution in [2.45, 2.75) is 32.6 Å². The zero-order valence-electron chi connectivity index (χ0n) is 11.2. The number of hydrogen-bond acceptors (Lipinski definition) is 3. The van der Waals surface area contributed by atoms with Gasteiger partial charge >= 0.3 is 5.97 Å². The maximum Gasteiger partial charge on any atom is 0.307 e. The lowest BCUT2D eigenvalue weighted by atomic mass is 10.0. The average molecular weight is 280 g/mol. The van der Waals surface area contributed by atoms with Gasteiger partial charge < -0.3 is 5.11 Å². The minimum atomic E-state index is -0.798. The third-order valence-electron chi connectivity index (χ3n) is 2.95. The van der Waals surface area contributed by atoms with E-state index in [4.69, 9.17) is 5.11 Å². The summed E-state index contributed by atoms with van der Waals surface area (Å²) < 4.78 is 0. The van der Waals surface area contributed by atoms with E-state index in [1.165, 1.54) is 12.5 Å². The van der Waals surface area contributed by atoms with E-state index in [1.807, 2.05) is 18.2 Å². The summed E-state index contributed by atoms with van der Waals surface area (Å²) in [6.45, 7) is 1.47. The predicted molar refractivity (Wildman–Crippen MR) is 78.3 cm³/mol. The molecular weight excluding hydrogens is 260 g/mol. The smallest absolute Gasteiger partial charge is 0.307 e. The molecule has 4 heteroatoms. The molecule has 0 heterocycles. The van der Waals surface area contributed by atoms with Crippen LogP contribution in [0.1, 0.15) is 31.7 Å². The highest BCUT2D eigenvalue weighted by atomic mass is 32.2. The van der Waals surface area contributed by atoms with Crippen molar-refractivity contribution in [3.63, 3.8) is 0 Å². The lowest BCUT2D eigenvalue weighted by Crippen LogP contribution is -2.17. The number of carbonyl (C=O) groups is 2. The quantitative estimate of drug-likeness (QED) is 0.742. The van der Waals surface area contributed by atoms with E-state index in [1.54, 1.807) is 0 Å². The van der Waals surface area contributed by atoms with E-state index >= 15 is 0 Å². The minimum Gasteiger partial charge on any atom is -0.481 e. The molecule has 1 aromatic rings. The number of aliphatic carboxylic acids is 1. The molecule has 0 bridgehead atoms. The Balaban J connectivity index is 2.24. The zero-order chi connectivity index (χ0) is 14.1. The normalized spacial score (nSPS) is 12.1. The Kier molecular flexibility index (Phi) is 7.26. The van der Waals surface area contributed by atoms with Gasteiger partial charge in [-0.05, 0) is 24.8 Å². The topological polar surface area (TPSA) is 54.4 Å². The fourth-order valence-corrected chi connectivity index (χ4v) is 2.61. The van der Waals surface area contributed by atoms with Gasteiger partial charge in [0.15, 0.2) is 5.12 Å². The van der Waals surface area contributed by atoms with E-state index in [0.29, 0.717) is 12.2 Å². The number of hydrogen-bond donors (Lipinski definition) is 1. The monoisotopic (exact) mass is 280 g/mol. The molecule has 1 rings (SSSR count). The van der Waals surface area contributed by atoms with Crippen molar-refractivity contribution in [3.05, 3.63) is 35.9 Å². The van der Waals surface area contributed by atoms with Gasteiger partial charge in [-0.25, -0.2) is 0 Å². The molecule has 0 saturated heterocycles. The summed E-state index contributed by atoms with van der Waals surface area (Å²) in [5.74, 6) is -0.825. The molecule has 1 aromatic carbocycles. The third-order valence-corrected chi connectivity index (χ3v) is 3.92. The summed E-state index contributed by atoms with van der Waals surface area (Å²) in [5.41, 5.74) is 1.28. The lowest BCUT2D eigenvalue weighted by molar-refractivity contribution is -0.141. The molecule has 0 amide bonds. The molecule has 0 aromatic heterocycles. The molecule has 1 atom stereocenters. The highest BCUT2D eigenvalue weighted by Gasteiger charge is 2.17. The van der Waals surface area contributed by atoms with Gasteiger partial charge in [-0.3, -0.25) is 9.59 Å². The second kappa shape index (κ2) is 8.75. The highest BCUT2D eigenvalue weighted by Crippen LogP contribution is 2.17. The van der Waals surface area contributed by atoms with Crippen LogP contribution in [0, 0.1) is 5.92 Å². The number of carboxylic acid groups (broad SMARTS) is 1. The van der Waals surface area contributed by atoms with Crippen LogP contribution in [0.3, 0.4) is 0 Å². The Morgan fingerprint density at radius 2 is 1.89 bits per heavy atom. The molecule has 0 radical (unpaired) electrons. The summed E-state index contributed by atoms with van der Waals surface area (Å²) in [6, 6.07) is 10.2. The number of unbranched alkanes of at least 4 members (excludes halogenated alkanes) is 1. The van der Waals surface area contributed by atoms with Crippen molar-refractivity contribution in [2.75, 3.05) is 5.75 Å².